The van der Waals surface area contributed by atoms with E-state index in [1.165, 1.54) is 23.2 Å². The lowest BCUT2D eigenvalue weighted by molar-refractivity contribution is 0.162. The van der Waals surface area contributed by atoms with Crippen LogP contribution >= 0.6 is 0 Å². The van der Waals surface area contributed by atoms with Crippen molar-refractivity contribution in [2.75, 3.05) is 31.1 Å². The molecule has 1 aromatic heterocycles. The Kier molecular flexibility index (Phi) is 7.82. The predicted molar refractivity (Wildman–Crippen MR) is 108 cm³/mol. The third kappa shape index (κ3) is 5.80. The molecule has 1 heterocycles. The fourth-order valence-corrected chi connectivity index (χ4v) is 3.02. The maximum absolute atomic E-state index is 12.1. The molecule has 0 bridgehead atoms. The molecule has 2 N–H and O–H groups in total. The van der Waals surface area contributed by atoms with Crippen molar-refractivity contribution >= 4 is 5.82 Å². The van der Waals surface area contributed by atoms with Crippen LogP contribution in [0.5, 0.6) is 0 Å². The molecule has 0 saturated carbocycles. The minimum absolute atomic E-state index is 0.309. The number of aryl methyl sites for hydroxylation is 1. The van der Waals surface area contributed by atoms with Crippen molar-refractivity contribution < 1.29 is 5.11 Å². The van der Waals surface area contributed by atoms with Gasteiger partial charge in [-0.25, -0.2) is 4.79 Å². The Labute approximate surface area is 159 Å². The lowest BCUT2D eigenvalue weighted by Crippen LogP contribution is -2.42. The summed E-state index contributed by atoms with van der Waals surface area (Å²) in [5.74, 6) is 0.608. The SMILES string of the molecule is CCN(CCNCC(O)CCc1ccccc1)c1cc(=O)n(C)c(=O)n1C. The number of aliphatic hydroxyl groups excluding tert-OH is 1. The van der Waals surface area contributed by atoms with E-state index in [2.05, 4.69) is 17.4 Å². The van der Waals surface area contributed by atoms with E-state index in [0.29, 0.717) is 38.4 Å². The van der Waals surface area contributed by atoms with Gasteiger partial charge in [-0.2, -0.15) is 0 Å². The van der Waals surface area contributed by atoms with Gasteiger partial charge in [-0.1, -0.05) is 30.3 Å². The van der Waals surface area contributed by atoms with E-state index in [1.807, 2.05) is 30.0 Å². The average molecular weight is 374 g/mol. The van der Waals surface area contributed by atoms with E-state index < -0.39 is 6.10 Å². The van der Waals surface area contributed by atoms with Crippen molar-refractivity contribution in [3.05, 3.63) is 62.8 Å². The molecule has 0 saturated heterocycles. The summed E-state index contributed by atoms with van der Waals surface area (Å²) in [4.78, 5) is 26.0. The number of hydrogen-bond donors (Lipinski definition) is 2. The largest absolute Gasteiger partial charge is 0.392 e. The summed E-state index contributed by atoms with van der Waals surface area (Å²) in [6.45, 7) is 4.47. The van der Waals surface area contributed by atoms with Crippen LogP contribution in [0.25, 0.3) is 0 Å². The molecule has 0 fully saturated rings. The van der Waals surface area contributed by atoms with Crippen LogP contribution in [0.3, 0.4) is 0 Å². The van der Waals surface area contributed by atoms with Crippen LogP contribution in [0.4, 0.5) is 5.82 Å². The van der Waals surface area contributed by atoms with Crippen molar-refractivity contribution in [3.8, 4) is 0 Å². The average Bonchev–Trinajstić information content (AvgIpc) is 2.69. The van der Waals surface area contributed by atoms with Crippen LogP contribution < -0.4 is 21.5 Å². The lowest BCUT2D eigenvalue weighted by Gasteiger charge is -2.25. The van der Waals surface area contributed by atoms with Gasteiger partial charge in [-0.3, -0.25) is 13.9 Å². The Bertz CT molecular complexity index is 829. The highest BCUT2D eigenvalue weighted by atomic mass is 16.3. The fraction of sp³-hybridized carbons (Fsp3) is 0.500. The molecule has 0 aliphatic carbocycles. The Morgan fingerprint density at radius 1 is 1.15 bits per heavy atom. The van der Waals surface area contributed by atoms with Crippen LogP contribution in [0.2, 0.25) is 0 Å². The Hall–Kier alpha value is -2.38. The van der Waals surface area contributed by atoms with Gasteiger partial charge in [0.25, 0.3) is 5.56 Å². The molecule has 0 aliphatic heterocycles. The van der Waals surface area contributed by atoms with Crippen LogP contribution in [-0.2, 0) is 20.5 Å². The molecule has 2 rings (SSSR count). The molecule has 0 aliphatic rings. The van der Waals surface area contributed by atoms with Crippen LogP contribution in [0, 0.1) is 0 Å². The lowest BCUT2D eigenvalue weighted by atomic mass is 10.1. The number of anilines is 1. The topological polar surface area (TPSA) is 79.5 Å². The first-order valence-electron chi connectivity index (χ1n) is 9.38. The molecule has 148 valence electrons. The van der Waals surface area contributed by atoms with E-state index in [0.717, 1.165) is 11.0 Å². The van der Waals surface area contributed by atoms with E-state index >= 15 is 0 Å². The molecule has 7 nitrogen and oxygen atoms in total. The molecular weight excluding hydrogens is 344 g/mol. The Morgan fingerprint density at radius 2 is 1.85 bits per heavy atom. The van der Waals surface area contributed by atoms with Gasteiger partial charge in [0.2, 0.25) is 0 Å². The second-order valence-electron chi connectivity index (χ2n) is 6.70. The summed E-state index contributed by atoms with van der Waals surface area (Å²) in [5, 5.41) is 13.4. The molecule has 2 aromatic rings. The van der Waals surface area contributed by atoms with Gasteiger partial charge >= 0.3 is 5.69 Å². The quantitative estimate of drug-likeness (QED) is 0.592. The van der Waals surface area contributed by atoms with Gasteiger partial charge in [0.1, 0.15) is 5.82 Å². The highest BCUT2D eigenvalue weighted by Crippen LogP contribution is 2.07. The standard InChI is InChI=1S/C20H30N4O3/c1-4-24(18-14-19(26)23(3)20(27)22(18)2)13-12-21-15-17(25)11-10-16-8-6-5-7-9-16/h5-9,14,17,21,25H,4,10-13,15H2,1-3H3. The maximum Gasteiger partial charge on any atom is 0.332 e. The van der Waals surface area contributed by atoms with E-state index in [4.69, 9.17) is 0 Å². The molecule has 27 heavy (non-hydrogen) atoms. The molecule has 1 atom stereocenters. The molecule has 0 amide bonds. The summed E-state index contributed by atoms with van der Waals surface area (Å²) < 4.78 is 2.58. The normalized spacial score (nSPS) is 12.1. The van der Waals surface area contributed by atoms with Gasteiger partial charge in [-0.05, 0) is 25.3 Å². The van der Waals surface area contributed by atoms with E-state index in [-0.39, 0.29) is 11.2 Å². The van der Waals surface area contributed by atoms with Crippen molar-refractivity contribution in [2.45, 2.75) is 25.9 Å². The zero-order valence-corrected chi connectivity index (χ0v) is 16.4. The second-order valence-corrected chi connectivity index (χ2v) is 6.70. The number of benzene rings is 1. The summed E-state index contributed by atoms with van der Waals surface area (Å²) in [6.07, 6.45) is 1.14. The number of aromatic nitrogens is 2. The number of nitrogens with zero attached hydrogens (tertiary/aromatic N) is 3. The molecule has 0 spiro atoms. The minimum atomic E-state index is -0.409. The first kappa shape index (κ1) is 20.9. The zero-order valence-electron chi connectivity index (χ0n) is 16.4. The summed E-state index contributed by atoms with van der Waals surface area (Å²) in [7, 11) is 3.14. The summed E-state index contributed by atoms with van der Waals surface area (Å²) in [5.41, 5.74) is 0.580. The third-order valence-corrected chi connectivity index (χ3v) is 4.75. The van der Waals surface area contributed by atoms with Crippen molar-refractivity contribution in [1.82, 2.24) is 14.5 Å². The predicted octanol–water partition coefficient (Wildman–Crippen LogP) is 0.494. The molecule has 1 unspecified atom stereocenters. The number of likely N-dealkylation sites (N-methyl/N-ethyl adjacent to an activating group) is 1. The Balaban J connectivity index is 1.81. The highest BCUT2D eigenvalue weighted by Gasteiger charge is 2.12. The van der Waals surface area contributed by atoms with Crippen molar-refractivity contribution in [1.29, 1.82) is 0 Å². The first-order chi connectivity index (χ1) is 12.9. The van der Waals surface area contributed by atoms with Crippen LogP contribution in [-0.4, -0.2) is 46.5 Å². The fourth-order valence-electron chi connectivity index (χ4n) is 3.02. The van der Waals surface area contributed by atoms with Gasteiger partial charge in [0.15, 0.2) is 0 Å². The Morgan fingerprint density at radius 3 is 2.52 bits per heavy atom. The first-order valence-corrected chi connectivity index (χ1v) is 9.38. The summed E-state index contributed by atoms with van der Waals surface area (Å²) in [6, 6.07) is 11.6. The third-order valence-electron chi connectivity index (χ3n) is 4.75. The monoisotopic (exact) mass is 374 g/mol. The molecule has 1 aromatic carbocycles. The van der Waals surface area contributed by atoms with Crippen LogP contribution in [0.15, 0.2) is 46.0 Å². The van der Waals surface area contributed by atoms with Gasteiger partial charge in [0, 0.05) is 46.3 Å². The van der Waals surface area contributed by atoms with Crippen molar-refractivity contribution in [3.63, 3.8) is 0 Å². The number of hydrogen-bond acceptors (Lipinski definition) is 5. The zero-order chi connectivity index (χ0) is 19.8. The van der Waals surface area contributed by atoms with Crippen LogP contribution in [0.1, 0.15) is 18.9 Å². The number of nitrogens with one attached hydrogen (secondary N) is 1. The van der Waals surface area contributed by atoms with E-state index in [1.54, 1.807) is 7.05 Å². The van der Waals surface area contributed by atoms with Gasteiger partial charge < -0.3 is 15.3 Å². The van der Waals surface area contributed by atoms with Gasteiger partial charge in [0.05, 0.1) is 6.10 Å². The molecular formula is C20H30N4O3. The van der Waals surface area contributed by atoms with Gasteiger partial charge in [-0.15, -0.1) is 0 Å². The summed E-state index contributed by atoms with van der Waals surface area (Å²) >= 11 is 0. The smallest absolute Gasteiger partial charge is 0.332 e. The highest BCUT2D eigenvalue weighted by molar-refractivity contribution is 5.38. The molecule has 0 radical (unpaired) electrons. The number of rotatable bonds is 10. The van der Waals surface area contributed by atoms with E-state index in [9.17, 15) is 14.7 Å². The minimum Gasteiger partial charge on any atom is -0.392 e. The molecule has 7 heteroatoms. The number of aliphatic hydroxyl groups is 1. The maximum atomic E-state index is 12.1. The van der Waals surface area contributed by atoms with Crippen molar-refractivity contribution in [2.24, 2.45) is 14.1 Å². The second kappa shape index (κ2) is 10.1.